The molecule has 206 valence electrons. The Hall–Kier alpha value is -2.66. The summed E-state index contributed by atoms with van der Waals surface area (Å²) in [5, 5.41) is 16.5. The van der Waals surface area contributed by atoms with Crippen LogP contribution in [0.2, 0.25) is 0 Å². The number of aliphatic hydroxyl groups is 1. The van der Waals surface area contributed by atoms with Crippen molar-refractivity contribution in [1.82, 2.24) is 4.90 Å². The Morgan fingerprint density at radius 2 is 2.03 bits per heavy atom. The zero-order valence-electron chi connectivity index (χ0n) is 22.0. The minimum Gasteiger partial charge on any atom is -0.509 e. The average molecular weight is 581 g/mol. The molecule has 13 heteroatoms. The van der Waals surface area contributed by atoms with Crippen molar-refractivity contribution in [3.8, 4) is 0 Å². The number of nitrogens with zero attached hydrogens (tertiary/aromatic N) is 2. The predicted octanol–water partition coefficient (Wildman–Crippen LogP) is 4.50. The maximum absolute atomic E-state index is 14.0. The normalized spacial score (nSPS) is 21.8. The van der Waals surface area contributed by atoms with E-state index in [1.54, 1.807) is 29.2 Å². The van der Waals surface area contributed by atoms with Crippen LogP contribution >= 0.6 is 18.9 Å². The highest BCUT2D eigenvalue weighted by molar-refractivity contribution is 7.92. The quantitative estimate of drug-likeness (QED) is 0.372. The fourth-order valence-electron chi connectivity index (χ4n) is 4.34. The number of sulfonamides is 1. The third-order valence-corrected chi connectivity index (χ3v) is 9.69. The van der Waals surface area contributed by atoms with Crippen molar-refractivity contribution in [2.45, 2.75) is 46.6 Å². The smallest absolute Gasteiger partial charge is 0.348 e. The Kier molecular flexibility index (Phi) is 7.82. The van der Waals surface area contributed by atoms with Crippen molar-refractivity contribution in [2.75, 3.05) is 29.4 Å². The number of hydrogen-bond donors (Lipinski definition) is 3. The van der Waals surface area contributed by atoms with E-state index in [0.717, 1.165) is 17.6 Å². The van der Waals surface area contributed by atoms with Gasteiger partial charge in [0.05, 0.1) is 29.9 Å². The van der Waals surface area contributed by atoms with Gasteiger partial charge in [0.2, 0.25) is 10.0 Å². The third kappa shape index (κ3) is 6.14. The summed E-state index contributed by atoms with van der Waals surface area (Å²) >= 11 is 1.55. The molecule has 2 aliphatic rings. The summed E-state index contributed by atoms with van der Waals surface area (Å²) < 4.78 is 49.7. The number of carbonyl (C=O) groups excluding carboxylic acids is 1. The fourth-order valence-corrected chi connectivity index (χ4v) is 7.45. The van der Waals surface area contributed by atoms with E-state index < -0.39 is 29.5 Å². The second kappa shape index (κ2) is 10.5. The maximum atomic E-state index is 14.0. The summed E-state index contributed by atoms with van der Waals surface area (Å²) in [5.74, 6) is -0.568. The van der Waals surface area contributed by atoms with E-state index in [1.807, 2.05) is 17.5 Å². The Labute approximate surface area is 227 Å². The van der Waals surface area contributed by atoms with E-state index in [-0.39, 0.29) is 40.2 Å². The number of amidine groups is 1. The molecule has 3 N–H and O–H groups in total. The van der Waals surface area contributed by atoms with Crippen LogP contribution in [-0.2, 0) is 30.3 Å². The van der Waals surface area contributed by atoms with Gasteiger partial charge in [-0.05, 0) is 48.4 Å². The van der Waals surface area contributed by atoms with Gasteiger partial charge in [-0.2, -0.15) is 4.76 Å². The highest BCUT2D eigenvalue weighted by atomic mass is 32.2. The molecule has 38 heavy (non-hydrogen) atoms. The molecule has 2 aromatic rings. The Balaban J connectivity index is 1.76. The van der Waals surface area contributed by atoms with Crippen LogP contribution in [-0.4, -0.2) is 55.6 Å². The lowest BCUT2D eigenvalue weighted by atomic mass is 9.92. The Bertz CT molecular complexity index is 1440. The van der Waals surface area contributed by atoms with Gasteiger partial charge in [-0.15, -0.1) is 11.3 Å². The minimum absolute atomic E-state index is 0.0324. The van der Waals surface area contributed by atoms with Crippen molar-refractivity contribution in [3.05, 3.63) is 51.9 Å². The van der Waals surface area contributed by atoms with Crippen molar-refractivity contribution < 1.29 is 27.4 Å². The van der Waals surface area contributed by atoms with E-state index in [4.69, 9.17) is 4.52 Å². The monoisotopic (exact) mass is 580 g/mol. The van der Waals surface area contributed by atoms with E-state index in [0.29, 0.717) is 18.7 Å². The first kappa shape index (κ1) is 28.4. The van der Waals surface area contributed by atoms with Crippen LogP contribution in [0, 0.1) is 5.41 Å². The van der Waals surface area contributed by atoms with E-state index in [9.17, 15) is 22.9 Å². The lowest BCUT2D eigenvalue weighted by Crippen LogP contribution is -2.40. The van der Waals surface area contributed by atoms with Gasteiger partial charge >= 0.3 is 7.52 Å². The number of rotatable bonds is 9. The molecule has 4 rings (SSSR count). The summed E-state index contributed by atoms with van der Waals surface area (Å²) in [4.78, 5) is 16.4. The number of aliphatic hydroxyl groups excluding tert-OH is 1. The average Bonchev–Trinajstić information content (AvgIpc) is 3.38. The first-order chi connectivity index (χ1) is 17.7. The molecule has 2 aliphatic heterocycles. The standard InChI is InChI=1S/C25H33N4O6PS2/c1-6-35-36(32)20-14-16(28-38(5,33)34)9-10-18(20)26-23(27-36)21-22(30)19(15-17-8-7-13-37-17)29(24(21)31)12-11-25(2,3)4/h7-10,13-14,19,28,30H,6,11-12,15H2,1-5H3,(H,26,27,32). The molecule has 0 radical (unpaired) electrons. The molecule has 0 aliphatic carbocycles. The third-order valence-electron chi connectivity index (χ3n) is 6.13. The molecule has 2 unspecified atom stereocenters. The second-order valence-electron chi connectivity index (χ2n) is 10.5. The summed E-state index contributed by atoms with van der Waals surface area (Å²) in [5.41, 5.74) is 0.481. The molecule has 2 atom stereocenters. The molecule has 1 aromatic carbocycles. The molecule has 0 fully saturated rings. The number of anilines is 2. The van der Waals surface area contributed by atoms with E-state index in [2.05, 4.69) is 35.6 Å². The summed E-state index contributed by atoms with van der Waals surface area (Å²) in [7, 11) is -7.49. The molecule has 1 amide bonds. The van der Waals surface area contributed by atoms with Crippen LogP contribution in [0.15, 0.2) is 51.8 Å². The van der Waals surface area contributed by atoms with Gasteiger partial charge < -0.3 is 19.8 Å². The van der Waals surface area contributed by atoms with E-state index >= 15 is 0 Å². The number of fused-ring (bicyclic) bond motifs is 1. The van der Waals surface area contributed by atoms with Crippen molar-refractivity contribution >= 4 is 57.3 Å². The number of nitrogens with one attached hydrogen (secondary N) is 2. The molecular formula is C25H33N4O6PS2. The van der Waals surface area contributed by atoms with Crippen LogP contribution < -0.4 is 15.3 Å². The highest BCUT2D eigenvalue weighted by Gasteiger charge is 2.45. The van der Waals surface area contributed by atoms with Crippen LogP contribution in [0.4, 0.5) is 11.4 Å². The van der Waals surface area contributed by atoms with Gasteiger partial charge in [0.25, 0.3) is 5.91 Å². The van der Waals surface area contributed by atoms with Crippen molar-refractivity contribution in [1.29, 1.82) is 0 Å². The summed E-state index contributed by atoms with van der Waals surface area (Å²) in [6, 6.07) is 7.75. The number of thiophene rings is 1. The SMILES string of the molecule is CCOP1(=O)N=C(C2=C(O)C(Cc3cccs3)N(CCC(C)(C)C)C2=O)Nc2ccc(NS(C)(=O)=O)cc21. The molecule has 0 saturated carbocycles. The zero-order valence-corrected chi connectivity index (χ0v) is 24.5. The van der Waals surface area contributed by atoms with Crippen LogP contribution in [0.1, 0.15) is 39.0 Å². The van der Waals surface area contributed by atoms with Crippen molar-refractivity contribution in [2.24, 2.45) is 10.2 Å². The largest absolute Gasteiger partial charge is 0.509 e. The van der Waals surface area contributed by atoms with Gasteiger partial charge in [-0.25, -0.2) is 8.42 Å². The molecular weight excluding hydrogens is 547 g/mol. The summed E-state index contributed by atoms with van der Waals surface area (Å²) in [6.45, 7) is 8.42. The Morgan fingerprint density at radius 1 is 1.29 bits per heavy atom. The number of benzene rings is 1. The van der Waals surface area contributed by atoms with Gasteiger partial charge in [-0.3, -0.25) is 14.1 Å². The molecule has 1 aromatic heterocycles. The second-order valence-corrected chi connectivity index (χ2v) is 15.2. The molecule has 0 saturated heterocycles. The molecule has 0 spiro atoms. The van der Waals surface area contributed by atoms with E-state index in [1.165, 1.54) is 12.1 Å². The highest BCUT2D eigenvalue weighted by Crippen LogP contribution is 2.52. The number of hydrogen-bond acceptors (Lipinski definition) is 8. The maximum Gasteiger partial charge on any atom is 0.348 e. The zero-order chi connectivity index (χ0) is 27.9. The fraction of sp³-hybridized carbons (Fsp3) is 0.440. The molecule has 10 nitrogen and oxygen atoms in total. The van der Waals surface area contributed by atoms with Crippen LogP contribution in [0.3, 0.4) is 0 Å². The van der Waals surface area contributed by atoms with Crippen LogP contribution in [0.25, 0.3) is 0 Å². The lowest BCUT2D eigenvalue weighted by molar-refractivity contribution is -0.127. The topological polar surface area (TPSA) is 137 Å². The lowest BCUT2D eigenvalue weighted by Gasteiger charge is -2.29. The van der Waals surface area contributed by atoms with Gasteiger partial charge in [0, 0.05) is 23.5 Å². The van der Waals surface area contributed by atoms with Crippen molar-refractivity contribution in [3.63, 3.8) is 0 Å². The van der Waals surface area contributed by atoms with Gasteiger partial charge in [-0.1, -0.05) is 26.8 Å². The first-order valence-corrected chi connectivity index (χ1v) is 16.6. The van der Waals surface area contributed by atoms with Gasteiger partial charge in [0.15, 0.2) is 5.84 Å². The number of amides is 1. The van der Waals surface area contributed by atoms with Gasteiger partial charge in [0.1, 0.15) is 11.3 Å². The van der Waals surface area contributed by atoms with Crippen LogP contribution in [0.5, 0.6) is 0 Å². The minimum atomic E-state index is -3.92. The molecule has 3 heterocycles. The molecule has 0 bridgehead atoms. The first-order valence-electron chi connectivity index (χ1n) is 12.2. The predicted molar refractivity (Wildman–Crippen MR) is 152 cm³/mol. The number of carbonyl (C=O) groups is 1. The Morgan fingerprint density at radius 3 is 2.63 bits per heavy atom. The summed E-state index contributed by atoms with van der Waals surface area (Å²) in [6.07, 6.45) is 2.18.